The minimum absolute atomic E-state index is 0.0802. The lowest BCUT2D eigenvalue weighted by molar-refractivity contribution is -0.140. The number of ether oxygens (including phenoxy) is 2. The van der Waals surface area contributed by atoms with Gasteiger partial charge >= 0.3 is 5.97 Å². The fourth-order valence-electron chi connectivity index (χ4n) is 3.90. The first-order valence-electron chi connectivity index (χ1n) is 10.4. The van der Waals surface area contributed by atoms with Crippen LogP contribution in [0.3, 0.4) is 0 Å². The van der Waals surface area contributed by atoms with E-state index in [2.05, 4.69) is 17.0 Å². The third-order valence-corrected chi connectivity index (χ3v) is 5.52. The van der Waals surface area contributed by atoms with Crippen molar-refractivity contribution in [3.05, 3.63) is 65.9 Å². The van der Waals surface area contributed by atoms with Crippen LogP contribution >= 0.6 is 0 Å². The Labute approximate surface area is 181 Å². The van der Waals surface area contributed by atoms with Crippen LogP contribution in [0.25, 0.3) is 11.0 Å². The second-order valence-corrected chi connectivity index (χ2v) is 7.53. The third kappa shape index (κ3) is 4.41. The quantitative estimate of drug-likeness (QED) is 0.567. The van der Waals surface area contributed by atoms with Crippen molar-refractivity contribution < 1.29 is 23.5 Å². The predicted octanol–water partition coefficient (Wildman–Crippen LogP) is 3.47. The van der Waals surface area contributed by atoms with Crippen LogP contribution < -0.4 is 4.90 Å². The molecular formula is C24H26N2O5. The molecule has 0 spiro atoms. The average Bonchev–Trinajstić information content (AvgIpc) is 3.18. The minimum atomic E-state index is -0.903. The molecule has 4 rings (SSSR count). The molecule has 1 atom stereocenters. The zero-order valence-corrected chi connectivity index (χ0v) is 17.7. The number of piperazine rings is 1. The Morgan fingerprint density at radius 2 is 1.68 bits per heavy atom. The maximum Gasteiger partial charge on any atom is 0.375 e. The highest BCUT2D eigenvalue weighted by Gasteiger charge is 2.30. The molecule has 0 saturated carbocycles. The smallest absolute Gasteiger partial charge is 0.375 e. The Balaban J connectivity index is 1.40. The van der Waals surface area contributed by atoms with Gasteiger partial charge in [0.1, 0.15) is 5.58 Å². The highest BCUT2D eigenvalue weighted by molar-refractivity contribution is 5.97. The maximum atomic E-state index is 12.9. The molecule has 2 heterocycles. The number of furan rings is 1. The highest BCUT2D eigenvalue weighted by Crippen LogP contribution is 2.27. The largest absolute Gasteiger partial charge is 0.449 e. The van der Waals surface area contributed by atoms with Crippen molar-refractivity contribution >= 4 is 28.5 Å². The Kier molecular flexibility index (Phi) is 6.23. The molecule has 0 unspecified atom stereocenters. The Bertz CT molecular complexity index is 1050. The second-order valence-electron chi connectivity index (χ2n) is 7.53. The number of rotatable bonds is 6. The van der Waals surface area contributed by atoms with E-state index in [1.54, 1.807) is 25.0 Å². The van der Waals surface area contributed by atoms with Crippen LogP contribution in [0.1, 0.15) is 23.0 Å². The molecular weight excluding hydrogens is 396 g/mol. The number of esters is 1. The predicted molar refractivity (Wildman–Crippen MR) is 117 cm³/mol. The molecule has 7 heteroatoms. The molecule has 7 nitrogen and oxygen atoms in total. The van der Waals surface area contributed by atoms with Crippen LogP contribution in [0.4, 0.5) is 5.69 Å². The second kappa shape index (κ2) is 9.22. The molecule has 0 bridgehead atoms. The summed E-state index contributed by atoms with van der Waals surface area (Å²) in [7, 11) is 1.55. The summed E-state index contributed by atoms with van der Waals surface area (Å²) in [5.74, 6) is -0.783. The van der Waals surface area contributed by atoms with Crippen LogP contribution in [-0.4, -0.2) is 56.2 Å². The van der Waals surface area contributed by atoms with Gasteiger partial charge in [-0.2, -0.15) is 0 Å². The Morgan fingerprint density at radius 3 is 2.39 bits per heavy atom. The fraction of sp³-hybridized carbons (Fsp3) is 0.333. The van der Waals surface area contributed by atoms with Crippen LogP contribution in [0.2, 0.25) is 0 Å². The number of hydrogen-bond acceptors (Lipinski definition) is 6. The number of hydrogen-bond donors (Lipinski definition) is 0. The summed E-state index contributed by atoms with van der Waals surface area (Å²) in [6.45, 7) is 4.44. The monoisotopic (exact) mass is 422 g/mol. The standard InChI is InChI=1S/C24H26N2O5/c1-17(23(27)26-14-12-25(13-15-26)18-8-4-3-5-9-18)30-24(28)22-20(16-29-2)19-10-6-7-11-21(19)31-22/h3-11,17H,12-16H2,1-2H3/t17-/m0/s1. The molecule has 1 amide bonds. The van der Waals surface area contributed by atoms with Crippen LogP contribution in [0.5, 0.6) is 0 Å². The van der Waals surface area contributed by atoms with E-state index in [1.165, 1.54) is 0 Å². The minimum Gasteiger partial charge on any atom is -0.449 e. The van der Waals surface area contributed by atoms with Crippen molar-refractivity contribution in [2.75, 3.05) is 38.2 Å². The van der Waals surface area contributed by atoms with E-state index in [9.17, 15) is 9.59 Å². The van der Waals surface area contributed by atoms with Crippen molar-refractivity contribution in [3.63, 3.8) is 0 Å². The van der Waals surface area contributed by atoms with Gasteiger partial charge in [-0.15, -0.1) is 0 Å². The first-order valence-corrected chi connectivity index (χ1v) is 10.4. The lowest BCUT2D eigenvalue weighted by atomic mass is 10.1. The first-order chi connectivity index (χ1) is 15.1. The molecule has 1 aliphatic rings. The molecule has 0 aliphatic carbocycles. The van der Waals surface area contributed by atoms with Crippen LogP contribution in [-0.2, 0) is 20.9 Å². The number of amides is 1. The summed E-state index contributed by atoms with van der Waals surface area (Å²) >= 11 is 0. The first kappa shape index (κ1) is 20.9. The number of benzene rings is 2. The number of carbonyl (C=O) groups is 2. The molecule has 0 N–H and O–H groups in total. The van der Waals surface area contributed by atoms with Gasteiger partial charge in [0.25, 0.3) is 5.91 Å². The van der Waals surface area contributed by atoms with Crippen molar-refractivity contribution in [2.45, 2.75) is 19.6 Å². The number of nitrogens with zero attached hydrogens (tertiary/aromatic N) is 2. The molecule has 162 valence electrons. The van der Waals surface area contributed by atoms with Crippen molar-refractivity contribution in [2.24, 2.45) is 0 Å². The topological polar surface area (TPSA) is 72.2 Å². The summed E-state index contributed by atoms with van der Waals surface area (Å²) in [4.78, 5) is 29.6. The van der Waals surface area contributed by atoms with Gasteiger partial charge in [-0.1, -0.05) is 36.4 Å². The van der Waals surface area contributed by atoms with E-state index in [0.717, 1.165) is 24.2 Å². The number of methoxy groups -OCH3 is 1. The van der Waals surface area contributed by atoms with E-state index in [1.807, 2.05) is 36.4 Å². The Hall–Kier alpha value is -3.32. The number of para-hydroxylation sites is 2. The SMILES string of the molecule is COCc1c(C(=O)O[C@@H](C)C(=O)N2CCN(c3ccccc3)CC2)oc2ccccc12. The number of carbonyl (C=O) groups excluding carboxylic acids is 2. The number of fused-ring (bicyclic) bond motifs is 1. The van der Waals surface area contributed by atoms with Crippen LogP contribution in [0.15, 0.2) is 59.0 Å². The molecule has 1 fully saturated rings. The molecule has 2 aromatic carbocycles. The van der Waals surface area contributed by atoms with Gasteiger partial charge in [-0.3, -0.25) is 4.79 Å². The van der Waals surface area contributed by atoms with Gasteiger partial charge in [-0.05, 0) is 25.1 Å². The van der Waals surface area contributed by atoms with E-state index in [4.69, 9.17) is 13.9 Å². The van der Waals surface area contributed by atoms with Crippen LogP contribution in [0, 0.1) is 0 Å². The summed E-state index contributed by atoms with van der Waals surface area (Å²) in [5.41, 5.74) is 2.35. The fourth-order valence-corrected chi connectivity index (χ4v) is 3.90. The number of anilines is 1. The maximum absolute atomic E-state index is 12.9. The highest BCUT2D eigenvalue weighted by atomic mass is 16.6. The third-order valence-electron chi connectivity index (χ3n) is 5.52. The van der Waals surface area contributed by atoms with Gasteiger partial charge in [0.15, 0.2) is 6.10 Å². The van der Waals surface area contributed by atoms with Crippen molar-refractivity contribution in [1.29, 1.82) is 0 Å². The van der Waals surface area contributed by atoms with Gasteiger partial charge in [-0.25, -0.2) is 4.79 Å². The zero-order chi connectivity index (χ0) is 21.8. The molecule has 1 aliphatic heterocycles. The lowest BCUT2D eigenvalue weighted by Crippen LogP contribution is -2.51. The molecule has 31 heavy (non-hydrogen) atoms. The lowest BCUT2D eigenvalue weighted by Gasteiger charge is -2.37. The summed E-state index contributed by atoms with van der Waals surface area (Å²) in [6.07, 6.45) is -0.903. The van der Waals surface area contributed by atoms with Gasteiger partial charge in [0.2, 0.25) is 5.76 Å². The zero-order valence-electron chi connectivity index (χ0n) is 17.7. The molecule has 3 aromatic rings. The average molecular weight is 422 g/mol. The van der Waals surface area contributed by atoms with E-state index < -0.39 is 12.1 Å². The molecule has 1 aromatic heterocycles. The van der Waals surface area contributed by atoms with Gasteiger partial charge in [0, 0.05) is 49.9 Å². The van der Waals surface area contributed by atoms with Crippen molar-refractivity contribution in [3.8, 4) is 0 Å². The molecule has 0 radical (unpaired) electrons. The molecule has 1 saturated heterocycles. The summed E-state index contributed by atoms with van der Waals surface area (Å²) in [5, 5.41) is 0.798. The van der Waals surface area contributed by atoms with Gasteiger partial charge in [0.05, 0.1) is 6.61 Å². The van der Waals surface area contributed by atoms with Gasteiger partial charge < -0.3 is 23.7 Å². The summed E-state index contributed by atoms with van der Waals surface area (Å²) in [6, 6.07) is 17.5. The van der Waals surface area contributed by atoms with E-state index in [-0.39, 0.29) is 18.3 Å². The van der Waals surface area contributed by atoms with Crippen molar-refractivity contribution in [1.82, 2.24) is 4.90 Å². The normalized spacial score (nSPS) is 15.2. The Morgan fingerprint density at radius 1 is 1.00 bits per heavy atom. The van der Waals surface area contributed by atoms with E-state index >= 15 is 0 Å². The van der Waals surface area contributed by atoms with E-state index in [0.29, 0.717) is 24.2 Å². The summed E-state index contributed by atoms with van der Waals surface area (Å²) < 4.78 is 16.4.